The molecule has 4 heteroatoms. The summed E-state index contributed by atoms with van der Waals surface area (Å²) in [4.78, 5) is 12.0. The summed E-state index contributed by atoms with van der Waals surface area (Å²) in [5, 5.41) is 0.888. The molecule has 0 aliphatic carbocycles. The number of hydrogen-bond donors (Lipinski definition) is 0. The second-order valence-electron chi connectivity index (χ2n) is 4.24. The van der Waals surface area contributed by atoms with Crippen LogP contribution in [0.3, 0.4) is 0 Å². The van der Waals surface area contributed by atoms with Gasteiger partial charge >= 0.3 is 0 Å². The van der Waals surface area contributed by atoms with Crippen molar-refractivity contribution >= 4 is 29.0 Å². The highest BCUT2D eigenvalue weighted by Gasteiger charge is 2.18. The topological polar surface area (TPSA) is 26.3 Å². The fourth-order valence-corrected chi connectivity index (χ4v) is 2.26. The summed E-state index contributed by atoms with van der Waals surface area (Å²) in [5.74, 6) is 0.0652. The molecule has 0 spiro atoms. The summed E-state index contributed by atoms with van der Waals surface area (Å²) in [5.41, 5.74) is 0.605. The lowest BCUT2D eigenvalue weighted by atomic mass is 10.0. The number of rotatable bonds is 3. The molecule has 17 heavy (non-hydrogen) atoms. The Bertz CT molecular complexity index is 412. The highest BCUT2D eigenvalue weighted by molar-refractivity contribution is 6.42. The molecule has 0 saturated carbocycles. The van der Waals surface area contributed by atoms with E-state index in [1.807, 2.05) is 0 Å². The molecular formula is C13H14Cl2O2. The number of Topliss-reactive ketones (excluding diaryl/α,β-unsaturated/α-hetero) is 1. The van der Waals surface area contributed by atoms with Crippen LogP contribution in [-0.4, -0.2) is 18.5 Å². The quantitative estimate of drug-likeness (QED) is 0.774. The minimum atomic E-state index is 0.0608. The van der Waals surface area contributed by atoms with E-state index >= 15 is 0 Å². The minimum Gasteiger partial charge on any atom is -0.378 e. The van der Waals surface area contributed by atoms with E-state index in [0.29, 0.717) is 22.0 Å². The lowest BCUT2D eigenvalue weighted by Gasteiger charge is -2.21. The molecule has 1 atom stereocenters. The Labute approximate surface area is 111 Å². The molecule has 1 aliphatic rings. The first kappa shape index (κ1) is 12.9. The number of ketones is 1. The second-order valence-corrected chi connectivity index (χ2v) is 5.06. The molecule has 1 heterocycles. The number of benzene rings is 1. The molecule has 1 saturated heterocycles. The van der Waals surface area contributed by atoms with Crippen LogP contribution in [-0.2, 0) is 4.74 Å². The highest BCUT2D eigenvalue weighted by atomic mass is 35.5. The Kier molecular flexibility index (Phi) is 4.43. The predicted octanol–water partition coefficient (Wildman–Crippen LogP) is 4.14. The van der Waals surface area contributed by atoms with Crippen LogP contribution in [0.4, 0.5) is 0 Å². The third-order valence-corrected chi connectivity index (χ3v) is 3.67. The van der Waals surface area contributed by atoms with Gasteiger partial charge in [-0.3, -0.25) is 4.79 Å². The lowest BCUT2D eigenvalue weighted by Crippen LogP contribution is -2.22. The van der Waals surface area contributed by atoms with Gasteiger partial charge in [0.2, 0.25) is 0 Å². The van der Waals surface area contributed by atoms with Crippen LogP contribution >= 0.6 is 23.2 Å². The maximum absolute atomic E-state index is 12.0. The van der Waals surface area contributed by atoms with Gasteiger partial charge in [-0.2, -0.15) is 0 Å². The van der Waals surface area contributed by atoms with Crippen molar-refractivity contribution in [2.45, 2.75) is 31.8 Å². The second kappa shape index (κ2) is 5.85. The van der Waals surface area contributed by atoms with Crippen LogP contribution < -0.4 is 0 Å². The van der Waals surface area contributed by atoms with Crippen LogP contribution in [0, 0.1) is 0 Å². The van der Waals surface area contributed by atoms with Crippen molar-refractivity contribution in [3.8, 4) is 0 Å². The van der Waals surface area contributed by atoms with Crippen LogP contribution in [0.15, 0.2) is 18.2 Å². The molecule has 0 radical (unpaired) electrons. The van der Waals surface area contributed by atoms with E-state index in [1.165, 1.54) is 0 Å². The molecule has 1 aromatic rings. The van der Waals surface area contributed by atoms with Gasteiger partial charge in [0.1, 0.15) is 0 Å². The summed E-state index contributed by atoms with van der Waals surface area (Å²) in [6.45, 7) is 0.763. The lowest BCUT2D eigenvalue weighted by molar-refractivity contribution is 0.0129. The number of hydrogen-bond acceptors (Lipinski definition) is 2. The van der Waals surface area contributed by atoms with Gasteiger partial charge in [-0.25, -0.2) is 0 Å². The fraction of sp³-hybridized carbons (Fsp3) is 0.462. The Hall–Kier alpha value is -0.570. The van der Waals surface area contributed by atoms with E-state index < -0.39 is 0 Å². The minimum absolute atomic E-state index is 0.0608. The average Bonchev–Trinajstić information content (AvgIpc) is 2.34. The van der Waals surface area contributed by atoms with Crippen LogP contribution in [0.25, 0.3) is 0 Å². The van der Waals surface area contributed by atoms with E-state index in [2.05, 4.69) is 0 Å². The maximum Gasteiger partial charge on any atom is 0.165 e. The number of carbonyl (C=O) groups is 1. The zero-order valence-corrected chi connectivity index (χ0v) is 10.9. The van der Waals surface area contributed by atoms with E-state index in [-0.39, 0.29) is 11.9 Å². The van der Waals surface area contributed by atoms with Gasteiger partial charge in [0.25, 0.3) is 0 Å². The normalized spacial score (nSPS) is 20.2. The van der Waals surface area contributed by atoms with Crippen LogP contribution in [0.5, 0.6) is 0 Å². The molecule has 1 unspecified atom stereocenters. The summed E-state index contributed by atoms with van der Waals surface area (Å²) in [6, 6.07) is 4.98. The summed E-state index contributed by atoms with van der Waals surface area (Å²) >= 11 is 11.7. The first-order chi connectivity index (χ1) is 8.16. The Balaban J connectivity index is 2.01. The highest BCUT2D eigenvalue weighted by Crippen LogP contribution is 2.24. The molecule has 1 aliphatic heterocycles. The van der Waals surface area contributed by atoms with Crippen molar-refractivity contribution in [1.29, 1.82) is 0 Å². The summed E-state index contributed by atoms with van der Waals surface area (Å²) in [6.07, 6.45) is 3.69. The number of ether oxygens (including phenoxy) is 1. The van der Waals surface area contributed by atoms with Crippen molar-refractivity contribution in [1.82, 2.24) is 0 Å². The van der Waals surface area contributed by atoms with Gasteiger partial charge in [0.15, 0.2) is 5.78 Å². The van der Waals surface area contributed by atoms with Crippen molar-refractivity contribution in [2.75, 3.05) is 6.61 Å². The Morgan fingerprint density at radius 3 is 2.76 bits per heavy atom. The SMILES string of the molecule is O=C(CC1CCCCO1)c1ccc(Cl)c(Cl)c1. The molecule has 2 nitrogen and oxygen atoms in total. The average molecular weight is 273 g/mol. The smallest absolute Gasteiger partial charge is 0.165 e. The van der Waals surface area contributed by atoms with Crippen molar-refractivity contribution in [2.24, 2.45) is 0 Å². The third-order valence-electron chi connectivity index (χ3n) is 2.93. The van der Waals surface area contributed by atoms with Gasteiger partial charge in [0.05, 0.1) is 16.1 Å². The third kappa shape index (κ3) is 3.44. The first-order valence-corrected chi connectivity index (χ1v) is 6.52. The molecule has 0 N–H and O–H groups in total. The zero-order chi connectivity index (χ0) is 12.3. The largest absolute Gasteiger partial charge is 0.378 e. The predicted molar refractivity (Wildman–Crippen MR) is 69.0 cm³/mol. The van der Waals surface area contributed by atoms with Crippen LogP contribution in [0.1, 0.15) is 36.0 Å². The molecule has 2 rings (SSSR count). The molecule has 0 aromatic heterocycles. The van der Waals surface area contributed by atoms with Gasteiger partial charge in [-0.05, 0) is 37.5 Å². The molecule has 0 bridgehead atoms. The Morgan fingerprint density at radius 2 is 2.12 bits per heavy atom. The first-order valence-electron chi connectivity index (χ1n) is 5.76. The maximum atomic E-state index is 12.0. The van der Waals surface area contributed by atoms with Gasteiger partial charge in [-0.1, -0.05) is 23.2 Å². The van der Waals surface area contributed by atoms with E-state index in [0.717, 1.165) is 25.9 Å². The molecule has 1 aromatic carbocycles. The van der Waals surface area contributed by atoms with Crippen LogP contribution in [0.2, 0.25) is 10.0 Å². The standard InChI is InChI=1S/C13H14Cl2O2/c14-11-5-4-9(7-12(11)15)13(16)8-10-3-1-2-6-17-10/h4-5,7,10H,1-3,6,8H2. The number of halogens is 2. The molecule has 0 amide bonds. The fourth-order valence-electron chi connectivity index (χ4n) is 1.96. The van der Waals surface area contributed by atoms with Gasteiger partial charge < -0.3 is 4.74 Å². The van der Waals surface area contributed by atoms with Crippen molar-refractivity contribution in [3.63, 3.8) is 0 Å². The zero-order valence-electron chi connectivity index (χ0n) is 9.42. The van der Waals surface area contributed by atoms with Crippen molar-refractivity contribution in [3.05, 3.63) is 33.8 Å². The monoisotopic (exact) mass is 272 g/mol. The number of carbonyl (C=O) groups excluding carboxylic acids is 1. The van der Waals surface area contributed by atoms with E-state index in [4.69, 9.17) is 27.9 Å². The summed E-state index contributed by atoms with van der Waals surface area (Å²) < 4.78 is 5.54. The van der Waals surface area contributed by atoms with E-state index in [9.17, 15) is 4.79 Å². The molecule has 92 valence electrons. The Morgan fingerprint density at radius 1 is 1.29 bits per heavy atom. The molecule has 1 fully saturated rings. The van der Waals surface area contributed by atoms with E-state index in [1.54, 1.807) is 18.2 Å². The molecular weight excluding hydrogens is 259 g/mol. The van der Waals surface area contributed by atoms with Gasteiger partial charge in [-0.15, -0.1) is 0 Å². The summed E-state index contributed by atoms with van der Waals surface area (Å²) in [7, 11) is 0. The van der Waals surface area contributed by atoms with Gasteiger partial charge in [0, 0.05) is 18.6 Å². The van der Waals surface area contributed by atoms with Crippen molar-refractivity contribution < 1.29 is 9.53 Å².